The fourth-order valence-corrected chi connectivity index (χ4v) is 3.15. The zero-order valence-electron chi connectivity index (χ0n) is 18.1. The average Bonchev–Trinajstić information content (AvgIpc) is 2.68. The van der Waals surface area contributed by atoms with E-state index in [1.165, 1.54) is 0 Å². The molecule has 6 nitrogen and oxygen atoms in total. The number of nitrogens with one attached hydrogen (secondary N) is 2. The van der Waals surface area contributed by atoms with Crippen molar-refractivity contribution in [3.8, 4) is 5.75 Å². The summed E-state index contributed by atoms with van der Waals surface area (Å²) >= 11 is 0. The van der Waals surface area contributed by atoms with E-state index in [0.29, 0.717) is 6.54 Å². The number of hydrogen-bond acceptors (Lipinski definition) is 4. The van der Waals surface area contributed by atoms with E-state index in [1.807, 2.05) is 70.0 Å². The molecule has 2 N–H and O–H groups in total. The smallest absolute Gasteiger partial charge is 0.243 e. The Morgan fingerprint density at radius 2 is 1.76 bits per heavy atom. The van der Waals surface area contributed by atoms with Gasteiger partial charge in [-0.3, -0.25) is 14.5 Å². The fraction of sp³-hybridized carbons (Fsp3) is 0.391. The predicted octanol–water partition coefficient (Wildman–Crippen LogP) is 3.20. The largest absolute Gasteiger partial charge is 0.496 e. The van der Waals surface area contributed by atoms with Crippen LogP contribution in [0.2, 0.25) is 0 Å². The first-order chi connectivity index (χ1) is 13.7. The van der Waals surface area contributed by atoms with E-state index in [0.717, 1.165) is 33.7 Å². The van der Waals surface area contributed by atoms with Gasteiger partial charge in [-0.1, -0.05) is 35.9 Å². The van der Waals surface area contributed by atoms with Gasteiger partial charge in [0.05, 0.1) is 19.7 Å². The number of anilines is 1. The number of ether oxygens (including phenoxy) is 1. The summed E-state index contributed by atoms with van der Waals surface area (Å²) in [7, 11) is 3.52. The van der Waals surface area contributed by atoms with E-state index in [4.69, 9.17) is 4.74 Å². The number of benzene rings is 2. The molecular formula is C23H31N3O3. The summed E-state index contributed by atoms with van der Waals surface area (Å²) in [6, 6.07) is 11.4. The van der Waals surface area contributed by atoms with Gasteiger partial charge in [0.15, 0.2) is 0 Å². The van der Waals surface area contributed by atoms with E-state index in [9.17, 15) is 9.59 Å². The normalized spacial score (nSPS) is 11.8. The number of carbonyl (C=O) groups is 2. The van der Waals surface area contributed by atoms with Crippen LogP contribution < -0.4 is 15.4 Å². The summed E-state index contributed by atoms with van der Waals surface area (Å²) in [5.74, 6) is 0.352. The summed E-state index contributed by atoms with van der Waals surface area (Å²) in [6.45, 7) is 8.22. The molecule has 0 aromatic heterocycles. The lowest BCUT2D eigenvalue weighted by Gasteiger charge is -2.25. The van der Waals surface area contributed by atoms with Crippen molar-refractivity contribution < 1.29 is 14.3 Å². The Labute approximate surface area is 173 Å². The van der Waals surface area contributed by atoms with Crippen molar-refractivity contribution in [3.05, 3.63) is 58.7 Å². The molecule has 29 heavy (non-hydrogen) atoms. The molecule has 0 saturated heterocycles. The monoisotopic (exact) mass is 397 g/mol. The molecular weight excluding hydrogens is 366 g/mol. The van der Waals surface area contributed by atoms with Gasteiger partial charge in [0.1, 0.15) is 5.75 Å². The summed E-state index contributed by atoms with van der Waals surface area (Å²) < 4.78 is 5.42. The van der Waals surface area contributed by atoms with E-state index in [2.05, 4.69) is 16.7 Å². The zero-order chi connectivity index (χ0) is 21.6. The Kier molecular flexibility index (Phi) is 7.79. The molecule has 0 aliphatic heterocycles. The van der Waals surface area contributed by atoms with Crippen LogP contribution in [0.4, 0.5) is 5.69 Å². The van der Waals surface area contributed by atoms with Gasteiger partial charge in [-0.05, 0) is 51.9 Å². The molecule has 0 saturated carbocycles. The Morgan fingerprint density at radius 3 is 2.38 bits per heavy atom. The third kappa shape index (κ3) is 6.06. The summed E-state index contributed by atoms with van der Waals surface area (Å²) in [5, 5.41) is 5.60. The molecule has 0 radical (unpaired) electrons. The number of hydrogen-bond donors (Lipinski definition) is 2. The van der Waals surface area contributed by atoms with Gasteiger partial charge in [-0.25, -0.2) is 0 Å². The van der Waals surface area contributed by atoms with Crippen molar-refractivity contribution in [2.45, 2.75) is 40.3 Å². The highest BCUT2D eigenvalue weighted by molar-refractivity contribution is 5.96. The van der Waals surface area contributed by atoms with Gasteiger partial charge in [-0.2, -0.15) is 0 Å². The molecule has 2 rings (SSSR count). The lowest BCUT2D eigenvalue weighted by Crippen LogP contribution is -2.45. The van der Waals surface area contributed by atoms with Gasteiger partial charge in [0, 0.05) is 17.8 Å². The molecule has 2 aromatic rings. The van der Waals surface area contributed by atoms with Crippen LogP contribution in [0.25, 0.3) is 0 Å². The number of likely N-dealkylation sites (N-methyl/N-ethyl adjacent to an activating group) is 1. The van der Waals surface area contributed by atoms with Crippen molar-refractivity contribution in [2.75, 3.05) is 26.0 Å². The summed E-state index contributed by atoms with van der Waals surface area (Å²) in [4.78, 5) is 26.7. The Morgan fingerprint density at radius 1 is 1.10 bits per heavy atom. The van der Waals surface area contributed by atoms with Crippen molar-refractivity contribution in [3.63, 3.8) is 0 Å². The maximum absolute atomic E-state index is 12.5. The second-order valence-corrected chi connectivity index (χ2v) is 7.44. The van der Waals surface area contributed by atoms with Crippen LogP contribution in [0.15, 0.2) is 36.4 Å². The standard InChI is InChI=1S/C23H31N3O3/c1-15-10-11-20(29-6)19(12-15)14-26(5)18(4)23(28)24-13-21(27)25-22-16(2)8-7-9-17(22)3/h7-12,18H,13-14H2,1-6H3,(H,24,28)(H,25,27)/t18-/m1/s1. The van der Waals surface area contributed by atoms with Crippen molar-refractivity contribution in [1.82, 2.24) is 10.2 Å². The fourth-order valence-electron chi connectivity index (χ4n) is 3.15. The highest BCUT2D eigenvalue weighted by Gasteiger charge is 2.20. The molecule has 6 heteroatoms. The van der Waals surface area contributed by atoms with E-state index in [-0.39, 0.29) is 18.4 Å². The molecule has 0 spiro atoms. The minimum atomic E-state index is -0.395. The van der Waals surface area contributed by atoms with Crippen LogP contribution in [0, 0.1) is 20.8 Å². The molecule has 0 aliphatic carbocycles. The molecule has 156 valence electrons. The highest BCUT2D eigenvalue weighted by atomic mass is 16.5. The molecule has 0 unspecified atom stereocenters. The Bertz CT molecular complexity index is 859. The molecule has 1 atom stereocenters. The van der Waals surface area contributed by atoms with Crippen molar-refractivity contribution >= 4 is 17.5 Å². The van der Waals surface area contributed by atoms with Gasteiger partial charge < -0.3 is 15.4 Å². The lowest BCUT2D eigenvalue weighted by molar-refractivity contribution is -0.127. The number of para-hydroxylation sites is 1. The minimum Gasteiger partial charge on any atom is -0.496 e. The summed E-state index contributed by atoms with van der Waals surface area (Å²) in [6.07, 6.45) is 0. The van der Waals surface area contributed by atoms with Gasteiger partial charge in [-0.15, -0.1) is 0 Å². The van der Waals surface area contributed by atoms with Crippen LogP contribution >= 0.6 is 0 Å². The molecule has 2 amide bonds. The molecule has 0 fully saturated rings. The SMILES string of the molecule is COc1ccc(C)cc1CN(C)[C@H](C)C(=O)NCC(=O)Nc1c(C)cccc1C. The van der Waals surface area contributed by atoms with Crippen LogP contribution in [0.5, 0.6) is 5.75 Å². The predicted molar refractivity (Wildman–Crippen MR) is 116 cm³/mol. The Balaban J connectivity index is 1.91. The first-order valence-corrected chi connectivity index (χ1v) is 9.70. The van der Waals surface area contributed by atoms with Crippen LogP contribution in [0.3, 0.4) is 0 Å². The maximum atomic E-state index is 12.5. The van der Waals surface area contributed by atoms with Gasteiger partial charge in [0.25, 0.3) is 0 Å². The zero-order valence-corrected chi connectivity index (χ0v) is 18.1. The van der Waals surface area contributed by atoms with Crippen LogP contribution in [-0.2, 0) is 16.1 Å². The number of carbonyl (C=O) groups excluding carboxylic acids is 2. The number of methoxy groups -OCH3 is 1. The van der Waals surface area contributed by atoms with Crippen molar-refractivity contribution in [2.24, 2.45) is 0 Å². The van der Waals surface area contributed by atoms with Crippen LogP contribution in [0.1, 0.15) is 29.2 Å². The quantitative estimate of drug-likeness (QED) is 0.718. The maximum Gasteiger partial charge on any atom is 0.243 e. The topological polar surface area (TPSA) is 70.7 Å². The Hall–Kier alpha value is -2.86. The van der Waals surface area contributed by atoms with Gasteiger partial charge >= 0.3 is 0 Å². The van der Waals surface area contributed by atoms with Gasteiger partial charge in [0.2, 0.25) is 11.8 Å². The van der Waals surface area contributed by atoms with Crippen LogP contribution in [-0.4, -0.2) is 43.5 Å². The first-order valence-electron chi connectivity index (χ1n) is 9.70. The van der Waals surface area contributed by atoms with E-state index in [1.54, 1.807) is 7.11 Å². The van der Waals surface area contributed by atoms with E-state index < -0.39 is 6.04 Å². The third-order valence-corrected chi connectivity index (χ3v) is 5.06. The molecule has 2 aromatic carbocycles. The summed E-state index contributed by atoms with van der Waals surface area (Å²) in [5.41, 5.74) is 4.93. The second kappa shape index (κ2) is 10.1. The number of amides is 2. The molecule has 0 heterocycles. The first kappa shape index (κ1) is 22.4. The minimum absolute atomic E-state index is 0.0709. The lowest BCUT2D eigenvalue weighted by atomic mass is 10.1. The second-order valence-electron chi connectivity index (χ2n) is 7.44. The molecule has 0 bridgehead atoms. The third-order valence-electron chi connectivity index (χ3n) is 5.06. The number of aryl methyl sites for hydroxylation is 3. The van der Waals surface area contributed by atoms with Crippen molar-refractivity contribution in [1.29, 1.82) is 0 Å². The molecule has 0 aliphatic rings. The highest BCUT2D eigenvalue weighted by Crippen LogP contribution is 2.22. The number of nitrogens with zero attached hydrogens (tertiary/aromatic N) is 1. The van der Waals surface area contributed by atoms with E-state index >= 15 is 0 Å². The number of rotatable bonds is 8. The average molecular weight is 398 g/mol.